The van der Waals surface area contributed by atoms with Crippen molar-refractivity contribution in [2.45, 2.75) is 6.92 Å². The molecule has 0 amide bonds. The largest absolute Gasteiger partial charge is 0.423 e. The summed E-state index contributed by atoms with van der Waals surface area (Å²) in [7, 11) is 0. The number of esters is 1. The third-order valence-electron chi connectivity index (χ3n) is 4.23. The number of Topliss-reactive ketones (excluding diaryl/α,β-unsaturated/α-hetero) is 1. The molecule has 0 unspecified atom stereocenters. The van der Waals surface area contributed by atoms with Gasteiger partial charge >= 0.3 is 5.97 Å². The van der Waals surface area contributed by atoms with Gasteiger partial charge in [-0.3, -0.25) is 14.9 Å². The Hall–Kier alpha value is -3.26. The van der Waals surface area contributed by atoms with E-state index in [0.29, 0.717) is 37.6 Å². The lowest BCUT2D eigenvalue weighted by Crippen LogP contribution is -2.37. The maximum atomic E-state index is 12.7. The first kappa shape index (κ1) is 18.5. The molecule has 3 rings (SSSR count). The number of hydrogen-bond donors (Lipinski definition) is 0. The van der Waals surface area contributed by atoms with E-state index >= 15 is 0 Å². The lowest BCUT2D eigenvalue weighted by Gasteiger charge is -2.30. The second-order valence-corrected chi connectivity index (χ2v) is 6.03. The molecule has 1 heterocycles. The molecule has 0 N–H and O–H groups in total. The van der Waals surface area contributed by atoms with Crippen LogP contribution in [0.5, 0.6) is 5.75 Å². The van der Waals surface area contributed by atoms with E-state index in [-0.39, 0.29) is 22.8 Å². The van der Waals surface area contributed by atoms with Crippen molar-refractivity contribution in [2.75, 3.05) is 31.2 Å². The van der Waals surface area contributed by atoms with E-state index in [2.05, 4.69) is 0 Å². The Balaban J connectivity index is 1.89. The van der Waals surface area contributed by atoms with Crippen molar-refractivity contribution >= 4 is 23.1 Å². The third-order valence-corrected chi connectivity index (χ3v) is 4.23. The van der Waals surface area contributed by atoms with Gasteiger partial charge in [0, 0.05) is 30.8 Å². The minimum absolute atomic E-state index is 0.0961. The Labute approximate surface area is 155 Å². The van der Waals surface area contributed by atoms with Crippen molar-refractivity contribution in [1.29, 1.82) is 0 Å². The van der Waals surface area contributed by atoms with Gasteiger partial charge in [-0.05, 0) is 37.3 Å². The van der Waals surface area contributed by atoms with Gasteiger partial charge in [0.1, 0.15) is 5.75 Å². The Morgan fingerprint density at radius 2 is 1.78 bits per heavy atom. The SMILES string of the molecule is CC(=O)c1ccc(OC(=O)c2cc([N+](=O)[O-])ccc2N2CCOCC2)cc1. The van der Waals surface area contributed by atoms with Crippen LogP contribution in [-0.4, -0.2) is 43.0 Å². The molecule has 1 aliphatic rings. The fourth-order valence-electron chi connectivity index (χ4n) is 2.80. The highest BCUT2D eigenvalue weighted by molar-refractivity contribution is 5.98. The van der Waals surface area contributed by atoms with Crippen LogP contribution < -0.4 is 9.64 Å². The first-order chi connectivity index (χ1) is 13.0. The molecule has 0 atom stereocenters. The molecule has 27 heavy (non-hydrogen) atoms. The summed E-state index contributed by atoms with van der Waals surface area (Å²) in [5.41, 5.74) is 0.987. The minimum Gasteiger partial charge on any atom is -0.423 e. The minimum atomic E-state index is -0.698. The van der Waals surface area contributed by atoms with Crippen molar-refractivity contribution in [3.63, 3.8) is 0 Å². The van der Waals surface area contributed by atoms with Gasteiger partial charge in [0.15, 0.2) is 5.78 Å². The average molecular weight is 370 g/mol. The Bertz CT molecular complexity index is 872. The van der Waals surface area contributed by atoms with E-state index < -0.39 is 10.9 Å². The van der Waals surface area contributed by atoms with Crippen LogP contribution in [0.1, 0.15) is 27.6 Å². The summed E-state index contributed by atoms with van der Waals surface area (Å²) in [6.07, 6.45) is 0. The number of nitrogens with zero attached hydrogens (tertiary/aromatic N) is 2. The second kappa shape index (κ2) is 7.96. The van der Waals surface area contributed by atoms with Gasteiger partial charge in [0.2, 0.25) is 0 Å². The van der Waals surface area contributed by atoms with Gasteiger partial charge in [-0.1, -0.05) is 0 Å². The van der Waals surface area contributed by atoms with Crippen molar-refractivity contribution < 1.29 is 24.0 Å². The summed E-state index contributed by atoms with van der Waals surface area (Å²) in [6, 6.07) is 10.3. The predicted octanol–water partition coefficient (Wildman–Crippen LogP) is 2.85. The fourth-order valence-corrected chi connectivity index (χ4v) is 2.80. The summed E-state index contributed by atoms with van der Waals surface area (Å²) >= 11 is 0. The van der Waals surface area contributed by atoms with Gasteiger partial charge in [0.05, 0.1) is 29.4 Å². The van der Waals surface area contributed by atoms with Crippen molar-refractivity contribution in [2.24, 2.45) is 0 Å². The topological polar surface area (TPSA) is 99.0 Å². The number of hydrogen-bond acceptors (Lipinski definition) is 7. The van der Waals surface area contributed by atoms with Crippen molar-refractivity contribution in [3.8, 4) is 5.75 Å². The smallest absolute Gasteiger partial charge is 0.345 e. The van der Waals surface area contributed by atoms with Crippen LogP contribution in [0.2, 0.25) is 0 Å². The molecule has 8 nitrogen and oxygen atoms in total. The molecule has 0 radical (unpaired) electrons. The molecule has 1 aliphatic heterocycles. The number of nitro groups is 1. The fraction of sp³-hybridized carbons (Fsp3) is 0.263. The second-order valence-electron chi connectivity index (χ2n) is 6.03. The summed E-state index contributed by atoms with van der Waals surface area (Å²) < 4.78 is 10.7. The van der Waals surface area contributed by atoms with Crippen LogP contribution in [0.25, 0.3) is 0 Å². The molecular weight excluding hydrogens is 352 g/mol. The molecule has 0 bridgehead atoms. The molecule has 140 valence electrons. The average Bonchev–Trinajstić information content (AvgIpc) is 2.68. The molecular formula is C19H18N2O6. The van der Waals surface area contributed by atoms with E-state index in [1.165, 1.54) is 31.2 Å². The van der Waals surface area contributed by atoms with E-state index in [4.69, 9.17) is 9.47 Å². The zero-order valence-electron chi connectivity index (χ0n) is 14.7. The van der Waals surface area contributed by atoms with Gasteiger partial charge in [0.25, 0.3) is 5.69 Å². The number of ketones is 1. The van der Waals surface area contributed by atoms with Crippen LogP contribution in [0, 0.1) is 10.1 Å². The highest BCUT2D eigenvalue weighted by atomic mass is 16.6. The number of ether oxygens (including phenoxy) is 2. The number of rotatable bonds is 5. The summed E-state index contributed by atoms with van der Waals surface area (Å²) in [4.78, 5) is 36.5. The highest BCUT2D eigenvalue weighted by Gasteiger charge is 2.23. The Morgan fingerprint density at radius 3 is 2.37 bits per heavy atom. The van der Waals surface area contributed by atoms with E-state index in [0.717, 1.165) is 0 Å². The quantitative estimate of drug-likeness (QED) is 0.262. The monoisotopic (exact) mass is 370 g/mol. The molecule has 0 spiro atoms. The van der Waals surface area contributed by atoms with E-state index in [1.807, 2.05) is 4.90 Å². The lowest BCUT2D eigenvalue weighted by molar-refractivity contribution is -0.384. The standard InChI is InChI=1S/C19H18N2O6/c1-13(22)14-2-5-16(6-3-14)27-19(23)17-12-15(21(24)25)4-7-18(17)20-8-10-26-11-9-20/h2-7,12H,8-11H2,1H3. The number of nitro benzene ring substituents is 1. The molecule has 0 saturated carbocycles. The molecule has 2 aromatic rings. The number of non-ortho nitro benzene ring substituents is 1. The number of morpholine rings is 1. The Kier molecular flexibility index (Phi) is 5.46. The summed E-state index contributed by atoms with van der Waals surface area (Å²) in [5, 5.41) is 11.1. The van der Waals surface area contributed by atoms with Crippen molar-refractivity contribution in [1.82, 2.24) is 0 Å². The van der Waals surface area contributed by atoms with Crippen LogP contribution in [0.4, 0.5) is 11.4 Å². The van der Waals surface area contributed by atoms with Gasteiger partial charge in [-0.15, -0.1) is 0 Å². The van der Waals surface area contributed by atoms with Crippen molar-refractivity contribution in [3.05, 3.63) is 63.7 Å². The lowest BCUT2D eigenvalue weighted by atomic mass is 10.1. The summed E-state index contributed by atoms with van der Waals surface area (Å²) in [6.45, 7) is 3.62. The van der Waals surface area contributed by atoms with Crippen LogP contribution in [0.3, 0.4) is 0 Å². The molecule has 8 heteroatoms. The van der Waals surface area contributed by atoms with Gasteiger partial charge < -0.3 is 14.4 Å². The number of anilines is 1. The molecule has 0 aliphatic carbocycles. The first-order valence-electron chi connectivity index (χ1n) is 8.40. The molecule has 1 saturated heterocycles. The van der Waals surface area contributed by atoms with Crippen LogP contribution in [-0.2, 0) is 4.74 Å². The number of carbonyl (C=O) groups is 2. The zero-order chi connectivity index (χ0) is 19.4. The molecule has 1 fully saturated rings. The predicted molar refractivity (Wildman–Crippen MR) is 97.5 cm³/mol. The summed E-state index contributed by atoms with van der Waals surface area (Å²) in [5.74, 6) is -0.540. The van der Waals surface area contributed by atoms with Gasteiger partial charge in [-0.25, -0.2) is 4.79 Å². The maximum absolute atomic E-state index is 12.7. The first-order valence-corrected chi connectivity index (χ1v) is 8.40. The number of benzene rings is 2. The molecule has 0 aromatic heterocycles. The number of carbonyl (C=O) groups excluding carboxylic acids is 2. The maximum Gasteiger partial charge on any atom is 0.345 e. The normalized spacial score (nSPS) is 13.9. The van der Waals surface area contributed by atoms with Gasteiger partial charge in [-0.2, -0.15) is 0 Å². The Morgan fingerprint density at radius 1 is 1.11 bits per heavy atom. The van der Waals surface area contributed by atoms with E-state index in [1.54, 1.807) is 18.2 Å². The highest BCUT2D eigenvalue weighted by Crippen LogP contribution is 2.28. The zero-order valence-corrected chi connectivity index (χ0v) is 14.7. The van der Waals surface area contributed by atoms with Crippen LogP contribution >= 0.6 is 0 Å². The molecule has 2 aromatic carbocycles. The third kappa shape index (κ3) is 4.29. The van der Waals surface area contributed by atoms with E-state index in [9.17, 15) is 19.7 Å². The van der Waals surface area contributed by atoms with Crippen LogP contribution in [0.15, 0.2) is 42.5 Å².